The zero-order chi connectivity index (χ0) is 13.5. The summed E-state index contributed by atoms with van der Waals surface area (Å²) in [7, 11) is 0. The number of nitrogens with zero attached hydrogens (tertiary/aromatic N) is 1. The van der Waals surface area contributed by atoms with Gasteiger partial charge in [0.05, 0.1) is 13.0 Å². The maximum atomic E-state index is 12.1. The molecule has 2 rings (SSSR count). The van der Waals surface area contributed by atoms with Crippen LogP contribution in [0.4, 0.5) is 0 Å². The molecule has 104 valence electrons. The van der Waals surface area contributed by atoms with Gasteiger partial charge in [0.25, 0.3) is 0 Å². The Labute approximate surface area is 114 Å². The van der Waals surface area contributed by atoms with Crippen molar-refractivity contribution in [3.63, 3.8) is 0 Å². The molecule has 1 fully saturated rings. The minimum absolute atomic E-state index is 0.187. The Morgan fingerprint density at radius 1 is 1.42 bits per heavy atom. The second-order valence-corrected chi connectivity index (χ2v) is 4.96. The van der Waals surface area contributed by atoms with Crippen LogP contribution < -0.4 is 10.1 Å². The molecule has 1 unspecified atom stereocenters. The van der Waals surface area contributed by atoms with Crippen molar-refractivity contribution >= 4 is 5.91 Å². The van der Waals surface area contributed by atoms with Gasteiger partial charge in [-0.15, -0.1) is 0 Å². The van der Waals surface area contributed by atoms with Gasteiger partial charge in [0.2, 0.25) is 5.91 Å². The van der Waals surface area contributed by atoms with Crippen molar-refractivity contribution in [3.8, 4) is 5.75 Å². The predicted octanol–water partition coefficient (Wildman–Crippen LogP) is 1.67. The largest absolute Gasteiger partial charge is 0.493 e. The van der Waals surface area contributed by atoms with Gasteiger partial charge in [-0.1, -0.05) is 18.2 Å². The van der Waals surface area contributed by atoms with Gasteiger partial charge in [0.1, 0.15) is 5.75 Å². The molecule has 0 aliphatic carbocycles. The smallest absolute Gasteiger partial charge is 0.226 e. The number of ether oxygens (including phenoxy) is 1. The second-order valence-electron chi connectivity index (χ2n) is 4.96. The number of carbonyl (C=O) groups excluding carboxylic acids is 1. The Balaban J connectivity index is 1.74. The van der Waals surface area contributed by atoms with Gasteiger partial charge in [-0.3, -0.25) is 4.79 Å². The third kappa shape index (κ3) is 4.56. The third-order valence-corrected chi connectivity index (χ3v) is 3.27. The first-order valence-electron chi connectivity index (χ1n) is 6.95. The lowest BCUT2D eigenvalue weighted by Gasteiger charge is -2.22. The van der Waals surface area contributed by atoms with E-state index in [1.54, 1.807) is 0 Å². The third-order valence-electron chi connectivity index (χ3n) is 3.27. The fourth-order valence-corrected chi connectivity index (χ4v) is 2.26. The van der Waals surface area contributed by atoms with E-state index >= 15 is 0 Å². The van der Waals surface area contributed by atoms with Crippen LogP contribution in [-0.4, -0.2) is 43.1 Å². The normalized spacial score (nSPS) is 19.8. The molecule has 0 aromatic heterocycles. The van der Waals surface area contributed by atoms with Gasteiger partial charge in [-0.2, -0.15) is 0 Å². The summed E-state index contributed by atoms with van der Waals surface area (Å²) in [6.45, 7) is 5.20. The van der Waals surface area contributed by atoms with E-state index in [0.29, 0.717) is 19.1 Å². The molecule has 4 nitrogen and oxygen atoms in total. The average Bonchev–Trinajstić information content (AvgIpc) is 2.64. The molecule has 19 heavy (non-hydrogen) atoms. The summed E-state index contributed by atoms with van der Waals surface area (Å²) in [4.78, 5) is 14.0. The van der Waals surface area contributed by atoms with Crippen LogP contribution in [0.3, 0.4) is 0 Å². The SMILES string of the molecule is CC1CN(C(=O)CCOc2ccccc2)CCCN1. The summed E-state index contributed by atoms with van der Waals surface area (Å²) in [6, 6.07) is 9.99. The van der Waals surface area contributed by atoms with Crippen molar-refractivity contribution in [3.05, 3.63) is 30.3 Å². The van der Waals surface area contributed by atoms with Crippen molar-refractivity contribution in [2.45, 2.75) is 25.8 Å². The molecule has 1 aromatic rings. The maximum absolute atomic E-state index is 12.1. The van der Waals surface area contributed by atoms with E-state index in [9.17, 15) is 4.79 Å². The molecule has 1 N–H and O–H groups in total. The molecule has 1 aliphatic rings. The summed E-state index contributed by atoms with van der Waals surface area (Å²) in [5.74, 6) is 1.01. The van der Waals surface area contributed by atoms with Crippen molar-refractivity contribution in [1.82, 2.24) is 10.2 Å². The summed E-state index contributed by atoms with van der Waals surface area (Å²) in [5, 5.41) is 3.39. The van der Waals surface area contributed by atoms with Crippen LogP contribution in [-0.2, 0) is 4.79 Å². The number of amides is 1. The predicted molar refractivity (Wildman–Crippen MR) is 75.2 cm³/mol. The first-order chi connectivity index (χ1) is 9.25. The molecule has 1 atom stereocenters. The molecule has 0 bridgehead atoms. The standard InChI is InChI=1S/C15H22N2O2/c1-13-12-17(10-5-9-16-13)15(18)8-11-19-14-6-3-2-4-7-14/h2-4,6-7,13,16H,5,8-12H2,1H3. The zero-order valence-electron chi connectivity index (χ0n) is 11.5. The highest BCUT2D eigenvalue weighted by Crippen LogP contribution is 2.09. The van der Waals surface area contributed by atoms with Gasteiger partial charge >= 0.3 is 0 Å². The minimum Gasteiger partial charge on any atom is -0.493 e. The number of rotatable bonds is 4. The van der Waals surface area contributed by atoms with E-state index in [-0.39, 0.29) is 5.91 Å². The molecule has 1 aromatic carbocycles. The number of para-hydroxylation sites is 1. The Hall–Kier alpha value is -1.55. The molecule has 1 amide bonds. The average molecular weight is 262 g/mol. The quantitative estimate of drug-likeness (QED) is 0.897. The lowest BCUT2D eigenvalue weighted by molar-refractivity contribution is -0.131. The highest BCUT2D eigenvalue weighted by Gasteiger charge is 2.18. The highest BCUT2D eigenvalue weighted by atomic mass is 16.5. The summed E-state index contributed by atoms with van der Waals surface area (Å²) in [5.41, 5.74) is 0. The monoisotopic (exact) mass is 262 g/mol. The first kappa shape index (κ1) is 13.9. The summed E-state index contributed by atoms with van der Waals surface area (Å²) >= 11 is 0. The lowest BCUT2D eigenvalue weighted by Crippen LogP contribution is -2.39. The first-order valence-corrected chi connectivity index (χ1v) is 6.95. The fourth-order valence-electron chi connectivity index (χ4n) is 2.26. The number of hydrogen-bond donors (Lipinski definition) is 1. The van der Waals surface area contributed by atoms with E-state index < -0.39 is 0 Å². The number of benzene rings is 1. The van der Waals surface area contributed by atoms with Crippen molar-refractivity contribution < 1.29 is 9.53 Å². The Bertz CT molecular complexity index is 394. The molecule has 1 heterocycles. The summed E-state index contributed by atoms with van der Waals surface area (Å²) in [6.07, 6.45) is 1.47. The van der Waals surface area contributed by atoms with Crippen LogP contribution in [0.2, 0.25) is 0 Å². The topological polar surface area (TPSA) is 41.6 Å². The van der Waals surface area contributed by atoms with Gasteiger partial charge in [-0.25, -0.2) is 0 Å². The van der Waals surface area contributed by atoms with Gasteiger partial charge < -0.3 is 15.0 Å². The number of carbonyl (C=O) groups is 1. The summed E-state index contributed by atoms with van der Waals surface area (Å²) < 4.78 is 5.56. The maximum Gasteiger partial charge on any atom is 0.226 e. The molecule has 1 aliphatic heterocycles. The Morgan fingerprint density at radius 3 is 3.00 bits per heavy atom. The van der Waals surface area contributed by atoms with Crippen LogP contribution in [0.5, 0.6) is 5.75 Å². The molecule has 1 saturated heterocycles. The van der Waals surface area contributed by atoms with E-state index in [2.05, 4.69) is 12.2 Å². The van der Waals surface area contributed by atoms with Crippen LogP contribution in [0.25, 0.3) is 0 Å². The van der Waals surface area contributed by atoms with Crippen molar-refractivity contribution in [2.75, 3.05) is 26.2 Å². The molecular weight excluding hydrogens is 240 g/mol. The van der Waals surface area contributed by atoms with E-state index in [1.165, 1.54) is 0 Å². The molecule has 4 heteroatoms. The highest BCUT2D eigenvalue weighted by molar-refractivity contribution is 5.76. The van der Waals surface area contributed by atoms with Crippen LogP contribution in [0, 0.1) is 0 Å². The number of nitrogens with one attached hydrogen (secondary N) is 1. The second kappa shape index (κ2) is 7.14. The molecular formula is C15H22N2O2. The van der Waals surface area contributed by atoms with E-state index in [4.69, 9.17) is 4.74 Å². The fraction of sp³-hybridized carbons (Fsp3) is 0.533. The van der Waals surface area contributed by atoms with Gasteiger partial charge in [-0.05, 0) is 32.0 Å². The molecule has 0 spiro atoms. The zero-order valence-corrected chi connectivity index (χ0v) is 11.5. The lowest BCUT2D eigenvalue weighted by atomic mass is 10.3. The van der Waals surface area contributed by atoms with Crippen LogP contribution >= 0.6 is 0 Å². The van der Waals surface area contributed by atoms with Gasteiger partial charge in [0.15, 0.2) is 0 Å². The van der Waals surface area contributed by atoms with E-state index in [0.717, 1.165) is 31.8 Å². The minimum atomic E-state index is 0.187. The van der Waals surface area contributed by atoms with Crippen molar-refractivity contribution in [1.29, 1.82) is 0 Å². The van der Waals surface area contributed by atoms with E-state index in [1.807, 2.05) is 35.2 Å². The molecule has 0 radical (unpaired) electrons. The van der Waals surface area contributed by atoms with Crippen LogP contribution in [0.15, 0.2) is 30.3 Å². The van der Waals surface area contributed by atoms with Crippen molar-refractivity contribution in [2.24, 2.45) is 0 Å². The number of hydrogen-bond acceptors (Lipinski definition) is 3. The molecule has 0 saturated carbocycles. The van der Waals surface area contributed by atoms with Gasteiger partial charge in [0, 0.05) is 19.1 Å². The Morgan fingerprint density at radius 2 is 2.21 bits per heavy atom. The Kier molecular flexibility index (Phi) is 5.21. The van der Waals surface area contributed by atoms with Crippen LogP contribution in [0.1, 0.15) is 19.8 Å².